The monoisotopic (exact) mass is 226 g/mol. The van der Waals surface area contributed by atoms with Crippen LogP contribution in [-0.2, 0) is 0 Å². The maximum absolute atomic E-state index is 6.16. The van der Waals surface area contributed by atoms with Crippen LogP contribution in [0.15, 0.2) is 46.9 Å². The average Bonchev–Trinajstić information content (AvgIpc) is 2.70. The quantitative estimate of drug-likeness (QED) is 0.392. The zero-order valence-corrected chi connectivity index (χ0v) is 9.08. The van der Waals surface area contributed by atoms with Crippen LogP contribution in [0.2, 0.25) is 5.02 Å². The highest BCUT2D eigenvalue weighted by Gasteiger charge is 2.14. The molecule has 0 saturated heterocycles. The van der Waals surface area contributed by atoms with Gasteiger partial charge in [0.05, 0.1) is 5.02 Å². The van der Waals surface area contributed by atoms with Crippen LogP contribution in [0.1, 0.15) is 0 Å². The topological polar surface area (TPSA) is 13.1 Å². The molecule has 3 aromatic carbocycles. The highest BCUT2D eigenvalue weighted by Crippen LogP contribution is 2.39. The zero-order chi connectivity index (χ0) is 10.7. The third kappa shape index (κ3) is 0.872. The van der Waals surface area contributed by atoms with E-state index in [-0.39, 0.29) is 0 Å². The molecule has 0 fully saturated rings. The minimum absolute atomic E-state index is 0.677. The average molecular weight is 227 g/mol. The molecule has 1 aromatic heterocycles. The molecule has 4 aromatic rings. The Labute approximate surface area is 96.6 Å². The van der Waals surface area contributed by atoms with Gasteiger partial charge in [-0.05, 0) is 22.9 Å². The van der Waals surface area contributed by atoms with Gasteiger partial charge in [0.15, 0.2) is 5.58 Å². The lowest BCUT2D eigenvalue weighted by molar-refractivity contribution is 0.669. The minimum atomic E-state index is 0.677. The molecule has 0 unspecified atom stereocenters. The van der Waals surface area contributed by atoms with Crippen molar-refractivity contribution in [3.05, 3.63) is 47.5 Å². The molecule has 2 heteroatoms. The lowest BCUT2D eigenvalue weighted by Gasteiger charge is -2.00. The number of benzene rings is 3. The van der Waals surface area contributed by atoms with Crippen LogP contribution in [-0.4, -0.2) is 0 Å². The third-order valence-corrected chi connectivity index (χ3v) is 3.40. The molecule has 0 amide bonds. The van der Waals surface area contributed by atoms with Crippen molar-refractivity contribution in [3.8, 4) is 0 Å². The zero-order valence-electron chi connectivity index (χ0n) is 8.33. The van der Waals surface area contributed by atoms with E-state index in [0.29, 0.717) is 5.02 Å². The van der Waals surface area contributed by atoms with E-state index in [9.17, 15) is 0 Å². The number of hydrogen-bond donors (Lipinski definition) is 0. The Hall–Kier alpha value is -1.73. The van der Waals surface area contributed by atoms with Gasteiger partial charge in [0, 0.05) is 10.8 Å². The Morgan fingerprint density at radius 1 is 0.812 bits per heavy atom. The van der Waals surface area contributed by atoms with Gasteiger partial charge in [-0.1, -0.05) is 41.9 Å². The fourth-order valence-corrected chi connectivity index (χ4v) is 2.59. The van der Waals surface area contributed by atoms with Gasteiger partial charge >= 0.3 is 0 Å². The summed E-state index contributed by atoms with van der Waals surface area (Å²) < 4.78 is 5.81. The van der Waals surface area contributed by atoms with E-state index in [4.69, 9.17) is 16.0 Å². The number of rotatable bonds is 0. The van der Waals surface area contributed by atoms with E-state index in [2.05, 4.69) is 18.2 Å². The van der Waals surface area contributed by atoms with Crippen LogP contribution in [0.4, 0.5) is 0 Å². The summed E-state index contributed by atoms with van der Waals surface area (Å²) in [6.45, 7) is 0. The summed E-state index contributed by atoms with van der Waals surface area (Å²) in [5, 5.41) is 5.37. The molecule has 0 bridgehead atoms. The van der Waals surface area contributed by atoms with Crippen molar-refractivity contribution in [1.29, 1.82) is 0 Å². The van der Waals surface area contributed by atoms with Crippen molar-refractivity contribution >= 4 is 44.3 Å². The predicted molar refractivity (Wildman–Crippen MR) is 67.4 cm³/mol. The Morgan fingerprint density at radius 2 is 1.56 bits per heavy atom. The van der Waals surface area contributed by atoms with Crippen molar-refractivity contribution in [2.75, 3.05) is 0 Å². The van der Waals surface area contributed by atoms with Gasteiger partial charge in [-0.15, -0.1) is 0 Å². The van der Waals surface area contributed by atoms with Crippen molar-refractivity contribution in [2.24, 2.45) is 0 Å². The molecule has 0 radical (unpaired) electrons. The van der Waals surface area contributed by atoms with E-state index in [0.717, 1.165) is 16.6 Å². The molecule has 1 heterocycles. The first kappa shape index (κ1) is 8.43. The largest absolute Gasteiger partial charge is 0.454 e. The van der Waals surface area contributed by atoms with Crippen molar-refractivity contribution in [2.45, 2.75) is 0 Å². The van der Waals surface area contributed by atoms with Crippen LogP contribution in [0.3, 0.4) is 0 Å². The first-order valence-electron chi connectivity index (χ1n) is 5.16. The highest BCUT2D eigenvalue weighted by atomic mass is 35.5. The molecular weight excluding hydrogens is 220 g/mol. The van der Waals surface area contributed by atoms with Gasteiger partial charge in [-0.3, -0.25) is 0 Å². The fourth-order valence-electron chi connectivity index (χ4n) is 2.40. The Kier molecular flexibility index (Phi) is 1.41. The highest BCUT2D eigenvalue weighted by molar-refractivity contribution is 6.37. The second kappa shape index (κ2) is 2.69. The van der Waals surface area contributed by atoms with Crippen LogP contribution >= 0.6 is 11.6 Å². The normalized spacial score (nSPS) is 12.1. The van der Waals surface area contributed by atoms with Gasteiger partial charge in [0.2, 0.25) is 0 Å². The Morgan fingerprint density at radius 3 is 2.44 bits per heavy atom. The lowest BCUT2D eigenvalue weighted by atomic mass is 10.0. The molecule has 0 aliphatic heterocycles. The summed E-state index contributed by atoms with van der Waals surface area (Å²) in [5.41, 5.74) is 1.71. The maximum Gasteiger partial charge on any atom is 0.154 e. The van der Waals surface area contributed by atoms with Gasteiger partial charge in [-0.2, -0.15) is 0 Å². The molecule has 0 aliphatic carbocycles. The molecule has 0 aliphatic rings. The SMILES string of the molecule is Clc1ccc2ccc3cccc4oc1c2c34. The molecule has 0 atom stereocenters. The molecule has 0 N–H and O–H groups in total. The van der Waals surface area contributed by atoms with Gasteiger partial charge in [0.1, 0.15) is 5.58 Å². The summed E-state index contributed by atoms with van der Waals surface area (Å²) in [7, 11) is 0. The summed E-state index contributed by atoms with van der Waals surface area (Å²) in [5.74, 6) is 0. The van der Waals surface area contributed by atoms with E-state index < -0.39 is 0 Å². The molecule has 4 rings (SSSR count). The smallest absolute Gasteiger partial charge is 0.154 e. The predicted octanol–water partition coefficient (Wildman–Crippen LogP) is 4.83. The van der Waals surface area contributed by atoms with Gasteiger partial charge < -0.3 is 4.42 Å². The summed E-state index contributed by atoms with van der Waals surface area (Å²) in [4.78, 5) is 0. The van der Waals surface area contributed by atoms with Crippen LogP contribution < -0.4 is 0 Å². The van der Waals surface area contributed by atoms with E-state index >= 15 is 0 Å². The fraction of sp³-hybridized carbons (Fsp3) is 0. The second-order valence-corrected chi connectivity index (χ2v) is 4.40. The van der Waals surface area contributed by atoms with Gasteiger partial charge in [0.25, 0.3) is 0 Å². The molecule has 0 spiro atoms. The Balaban J connectivity index is 2.51. The summed E-state index contributed by atoms with van der Waals surface area (Å²) >= 11 is 6.16. The third-order valence-electron chi connectivity index (χ3n) is 3.10. The minimum Gasteiger partial charge on any atom is -0.454 e. The lowest BCUT2D eigenvalue weighted by Crippen LogP contribution is -1.75. The number of hydrogen-bond acceptors (Lipinski definition) is 1. The number of halogens is 1. The second-order valence-electron chi connectivity index (χ2n) is 4.00. The van der Waals surface area contributed by atoms with Crippen molar-refractivity contribution in [3.63, 3.8) is 0 Å². The molecule has 76 valence electrons. The summed E-state index contributed by atoms with van der Waals surface area (Å²) in [6.07, 6.45) is 0. The van der Waals surface area contributed by atoms with Gasteiger partial charge in [-0.25, -0.2) is 0 Å². The van der Waals surface area contributed by atoms with Crippen molar-refractivity contribution < 1.29 is 4.42 Å². The van der Waals surface area contributed by atoms with Crippen LogP contribution in [0.25, 0.3) is 32.7 Å². The first-order chi connectivity index (χ1) is 7.84. The summed E-state index contributed by atoms with van der Waals surface area (Å²) in [6, 6.07) is 14.2. The molecule has 0 saturated carbocycles. The van der Waals surface area contributed by atoms with E-state index in [1.807, 2.05) is 24.3 Å². The van der Waals surface area contributed by atoms with Crippen LogP contribution in [0.5, 0.6) is 0 Å². The number of furan rings is 1. The van der Waals surface area contributed by atoms with Crippen molar-refractivity contribution in [1.82, 2.24) is 0 Å². The van der Waals surface area contributed by atoms with Crippen LogP contribution in [0, 0.1) is 0 Å². The Bertz CT molecular complexity index is 813. The maximum atomic E-state index is 6.16. The molecular formula is C14H7ClO. The van der Waals surface area contributed by atoms with E-state index in [1.54, 1.807) is 0 Å². The first-order valence-corrected chi connectivity index (χ1v) is 5.54. The molecule has 1 nitrogen and oxygen atoms in total. The van der Waals surface area contributed by atoms with E-state index in [1.165, 1.54) is 16.2 Å². The standard InChI is InChI=1S/C14H7ClO/c15-10-7-6-9-5-4-8-2-1-3-11-12(8)13(9)14(10)16-11/h1-7H. The molecule has 16 heavy (non-hydrogen) atoms.